The SMILES string of the molecule is CCc1ccc(N2C[C@@H](C(=O)NNc3ccc(OCc4c(Cl)cccc4Cl)cc3)CC2=O)cc1. The van der Waals surface area contributed by atoms with Gasteiger partial charge in [0.1, 0.15) is 12.4 Å². The van der Waals surface area contributed by atoms with Crippen molar-refractivity contribution in [3.8, 4) is 5.75 Å². The van der Waals surface area contributed by atoms with Gasteiger partial charge in [-0.25, -0.2) is 0 Å². The Kier molecular flexibility index (Phi) is 7.60. The van der Waals surface area contributed by atoms with E-state index < -0.39 is 5.92 Å². The number of halogens is 2. The van der Waals surface area contributed by atoms with Gasteiger partial charge in [0, 0.05) is 34.3 Å². The molecule has 0 aromatic heterocycles. The lowest BCUT2D eigenvalue weighted by Crippen LogP contribution is -2.36. The van der Waals surface area contributed by atoms with E-state index in [1.54, 1.807) is 47.4 Å². The van der Waals surface area contributed by atoms with Crippen LogP contribution in [0.25, 0.3) is 0 Å². The zero-order valence-electron chi connectivity index (χ0n) is 18.7. The van der Waals surface area contributed by atoms with Crippen LogP contribution in [-0.4, -0.2) is 18.4 Å². The average molecular weight is 498 g/mol. The maximum Gasteiger partial charge on any atom is 0.243 e. The molecule has 0 unspecified atom stereocenters. The number of hydrazine groups is 1. The fourth-order valence-electron chi connectivity index (χ4n) is 3.74. The van der Waals surface area contributed by atoms with E-state index in [-0.39, 0.29) is 24.8 Å². The average Bonchev–Trinajstić information content (AvgIpc) is 3.24. The molecule has 2 N–H and O–H groups in total. The standard InChI is InChI=1S/C26H25Cl2N3O3/c1-2-17-6-10-20(11-7-17)31-15-18(14-25(31)32)26(33)30-29-19-8-12-21(13-9-19)34-16-22-23(27)4-3-5-24(22)28/h3-13,18,29H,2,14-16H2,1H3,(H,30,33)/t18-/m0/s1. The van der Waals surface area contributed by atoms with Crippen LogP contribution >= 0.6 is 23.2 Å². The van der Waals surface area contributed by atoms with Crippen molar-refractivity contribution in [3.05, 3.63) is 87.9 Å². The third kappa shape index (κ3) is 5.64. The van der Waals surface area contributed by atoms with Crippen LogP contribution in [0.5, 0.6) is 5.75 Å². The Bertz CT molecular complexity index is 1150. The first kappa shape index (κ1) is 23.9. The van der Waals surface area contributed by atoms with E-state index in [2.05, 4.69) is 17.8 Å². The molecule has 1 aliphatic heterocycles. The van der Waals surface area contributed by atoms with Crippen LogP contribution < -0.4 is 20.5 Å². The predicted molar refractivity (Wildman–Crippen MR) is 135 cm³/mol. The van der Waals surface area contributed by atoms with E-state index in [0.717, 1.165) is 17.7 Å². The minimum absolute atomic E-state index is 0.0514. The smallest absolute Gasteiger partial charge is 0.243 e. The molecule has 6 nitrogen and oxygen atoms in total. The van der Waals surface area contributed by atoms with E-state index in [4.69, 9.17) is 27.9 Å². The highest BCUT2D eigenvalue weighted by Crippen LogP contribution is 2.27. The van der Waals surface area contributed by atoms with Crippen molar-refractivity contribution >= 4 is 46.4 Å². The molecule has 0 saturated carbocycles. The molecule has 176 valence electrons. The number of amides is 2. The zero-order valence-corrected chi connectivity index (χ0v) is 20.2. The second kappa shape index (κ2) is 10.8. The van der Waals surface area contributed by atoms with E-state index in [0.29, 0.717) is 28.0 Å². The van der Waals surface area contributed by atoms with Gasteiger partial charge in [-0.1, -0.05) is 48.3 Å². The van der Waals surface area contributed by atoms with Gasteiger partial charge >= 0.3 is 0 Å². The molecular formula is C26H25Cl2N3O3. The molecular weight excluding hydrogens is 473 g/mol. The Labute approximate surface area is 208 Å². The van der Waals surface area contributed by atoms with Gasteiger partial charge in [-0.05, 0) is 60.5 Å². The van der Waals surface area contributed by atoms with Gasteiger partial charge in [0.15, 0.2) is 0 Å². The number of carbonyl (C=O) groups is 2. The lowest BCUT2D eigenvalue weighted by atomic mass is 10.1. The van der Waals surface area contributed by atoms with Gasteiger partial charge in [-0.3, -0.25) is 20.4 Å². The summed E-state index contributed by atoms with van der Waals surface area (Å²) in [5, 5.41) is 1.10. The lowest BCUT2D eigenvalue weighted by molar-refractivity contribution is -0.125. The number of nitrogens with one attached hydrogen (secondary N) is 2. The Hall–Kier alpha value is -3.22. The summed E-state index contributed by atoms with van der Waals surface area (Å²) < 4.78 is 5.77. The number of aryl methyl sites for hydroxylation is 1. The number of nitrogens with zero attached hydrogens (tertiary/aromatic N) is 1. The summed E-state index contributed by atoms with van der Waals surface area (Å²) in [5.41, 5.74) is 9.04. The van der Waals surface area contributed by atoms with Crippen LogP contribution in [0.15, 0.2) is 66.7 Å². The van der Waals surface area contributed by atoms with Gasteiger partial charge < -0.3 is 9.64 Å². The Morgan fingerprint density at radius 1 is 1.03 bits per heavy atom. The molecule has 1 fully saturated rings. The maximum atomic E-state index is 12.6. The van der Waals surface area contributed by atoms with Crippen molar-refractivity contribution in [3.63, 3.8) is 0 Å². The Balaban J connectivity index is 1.28. The van der Waals surface area contributed by atoms with Crippen molar-refractivity contribution in [2.45, 2.75) is 26.4 Å². The summed E-state index contributed by atoms with van der Waals surface area (Å²) in [5.74, 6) is -0.0629. The van der Waals surface area contributed by atoms with Crippen molar-refractivity contribution in [1.82, 2.24) is 5.43 Å². The molecule has 0 aliphatic carbocycles. The quantitative estimate of drug-likeness (QED) is 0.395. The van der Waals surface area contributed by atoms with Gasteiger partial charge in [0.25, 0.3) is 0 Å². The maximum absolute atomic E-state index is 12.6. The summed E-state index contributed by atoms with van der Waals surface area (Å²) in [4.78, 5) is 26.8. The first-order valence-corrected chi connectivity index (χ1v) is 11.8. The number of hydrogen-bond donors (Lipinski definition) is 2. The Morgan fingerprint density at radius 3 is 2.35 bits per heavy atom. The van der Waals surface area contributed by atoms with Crippen LogP contribution in [0, 0.1) is 5.92 Å². The minimum atomic E-state index is -0.422. The fourth-order valence-corrected chi connectivity index (χ4v) is 4.25. The molecule has 3 aromatic carbocycles. The minimum Gasteiger partial charge on any atom is -0.489 e. The predicted octanol–water partition coefficient (Wildman–Crippen LogP) is 5.63. The third-order valence-electron chi connectivity index (χ3n) is 5.78. The van der Waals surface area contributed by atoms with Crippen LogP contribution in [0.1, 0.15) is 24.5 Å². The van der Waals surface area contributed by atoms with Crippen molar-refractivity contribution in [2.75, 3.05) is 16.9 Å². The summed E-state index contributed by atoms with van der Waals surface area (Å²) >= 11 is 12.3. The second-order valence-corrected chi connectivity index (χ2v) is 8.87. The molecule has 0 spiro atoms. The molecule has 3 aromatic rings. The summed E-state index contributed by atoms with van der Waals surface area (Å²) in [6.07, 6.45) is 1.12. The van der Waals surface area contributed by atoms with E-state index in [9.17, 15) is 9.59 Å². The number of benzene rings is 3. The molecule has 2 amide bonds. The summed E-state index contributed by atoms with van der Waals surface area (Å²) in [7, 11) is 0. The largest absolute Gasteiger partial charge is 0.489 e. The molecule has 0 radical (unpaired) electrons. The van der Waals surface area contributed by atoms with Gasteiger partial charge in [-0.2, -0.15) is 0 Å². The van der Waals surface area contributed by atoms with Gasteiger partial charge in [0.05, 0.1) is 11.6 Å². The van der Waals surface area contributed by atoms with E-state index in [1.807, 2.05) is 24.3 Å². The molecule has 8 heteroatoms. The van der Waals surface area contributed by atoms with Gasteiger partial charge in [0.2, 0.25) is 11.8 Å². The number of anilines is 2. The molecule has 1 heterocycles. The van der Waals surface area contributed by atoms with E-state index in [1.165, 1.54) is 5.56 Å². The molecule has 1 aliphatic rings. The van der Waals surface area contributed by atoms with Crippen LogP contribution in [0.4, 0.5) is 11.4 Å². The monoisotopic (exact) mass is 497 g/mol. The second-order valence-electron chi connectivity index (χ2n) is 8.05. The molecule has 4 rings (SSSR count). The van der Waals surface area contributed by atoms with Crippen LogP contribution in [-0.2, 0) is 22.6 Å². The highest BCUT2D eigenvalue weighted by molar-refractivity contribution is 6.35. The molecule has 0 bridgehead atoms. The molecule has 34 heavy (non-hydrogen) atoms. The normalized spacial score (nSPS) is 15.3. The molecule has 1 saturated heterocycles. The number of rotatable bonds is 8. The van der Waals surface area contributed by atoms with Crippen molar-refractivity contribution in [2.24, 2.45) is 5.92 Å². The fraction of sp³-hybridized carbons (Fsp3) is 0.231. The number of carbonyl (C=O) groups excluding carboxylic acids is 2. The van der Waals surface area contributed by atoms with Crippen molar-refractivity contribution < 1.29 is 14.3 Å². The highest BCUT2D eigenvalue weighted by Gasteiger charge is 2.35. The van der Waals surface area contributed by atoms with Crippen LogP contribution in [0.2, 0.25) is 10.0 Å². The summed E-state index contributed by atoms with van der Waals surface area (Å²) in [6.45, 7) is 2.69. The first-order valence-electron chi connectivity index (χ1n) is 11.1. The lowest BCUT2D eigenvalue weighted by Gasteiger charge is -2.17. The topological polar surface area (TPSA) is 70.7 Å². The summed E-state index contributed by atoms with van der Waals surface area (Å²) in [6, 6.07) is 20.3. The Morgan fingerprint density at radius 2 is 1.71 bits per heavy atom. The first-order chi connectivity index (χ1) is 16.4. The van der Waals surface area contributed by atoms with E-state index >= 15 is 0 Å². The number of hydrogen-bond acceptors (Lipinski definition) is 4. The van der Waals surface area contributed by atoms with Gasteiger partial charge in [-0.15, -0.1) is 0 Å². The highest BCUT2D eigenvalue weighted by atomic mass is 35.5. The van der Waals surface area contributed by atoms with Crippen LogP contribution in [0.3, 0.4) is 0 Å². The van der Waals surface area contributed by atoms with Crippen molar-refractivity contribution in [1.29, 1.82) is 0 Å². The molecule has 1 atom stereocenters. The third-order valence-corrected chi connectivity index (χ3v) is 6.49. The number of ether oxygens (including phenoxy) is 1. The zero-order chi connectivity index (χ0) is 24.1.